The van der Waals surface area contributed by atoms with E-state index in [1.165, 1.54) is 12.1 Å². The van der Waals surface area contributed by atoms with E-state index in [1.807, 2.05) is 0 Å². The smallest absolute Gasteiger partial charge is 0.406 e. The molecule has 0 unspecified atom stereocenters. The first-order chi connectivity index (χ1) is 18.5. The molecule has 1 amide bonds. The minimum Gasteiger partial charge on any atom is -0.406 e. The summed E-state index contributed by atoms with van der Waals surface area (Å²) in [5, 5.41) is 3.45. The molecular formula is C23H17F7N4O5S. The third-order valence-corrected chi connectivity index (χ3v) is 8.32. The van der Waals surface area contributed by atoms with E-state index in [-0.39, 0.29) is 24.1 Å². The van der Waals surface area contributed by atoms with Gasteiger partial charge in [-0.25, -0.2) is 12.8 Å². The number of fused-ring (bicyclic) bond motifs is 1. The molecule has 1 saturated carbocycles. The summed E-state index contributed by atoms with van der Waals surface area (Å²) >= 11 is 0. The zero-order chi connectivity index (χ0) is 29.3. The number of rotatable bonds is 5. The average Bonchev–Trinajstić information content (AvgIpc) is 3.54. The fraction of sp³-hybridized carbons (Fsp3) is 0.348. The molecule has 1 fully saturated rings. The minimum atomic E-state index is -4.95. The van der Waals surface area contributed by atoms with Crippen LogP contribution in [0.1, 0.15) is 24.3 Å². The maximum atomic E-state index is 15.2. The number of nitrogens with zero attached hydrogens (tertiary/aromatic N) is 3. The summed E-state index contributed by atoms with van der Waals surface area (Å²) in [4.78, 5) is 17.1. The van der Waals surface area contributed by atoms with Gasteiger partial charge in [-0.15, -0.1) is 13.2 Å². The van der Waals surface area contributed by atoms with Crippen LogP contribution in [-0.2, 0) is 26.6 Å². The van der Waals surface area contributed by atoms with Crippen molar-refractivity contribution in [2.24, 2.45) is 5.73 Å². The Labute approximate surface area is 220 Å². The normalized spacial score (nSPS) is 20.1. The number of sulfone groups is 1. The average molecular weight is 594 g/mol. The number of hydrogen-bond donors (Lipinski definition) is 1. The van der Waals surface area contributed by atoms with Gasteiger partial charge in [0.15, 0.2) is 9.84 Å². The second-order valence-electron chi connectivity index (χ2n) is 9.31. The molecule has 2 aliphatic rings. The number of hydrogen-bond acceptors (Lipinski definition) is 8. The van der Waals surface area contributed by atoms with Gasteiger partial charge < -0.3 is 19.9 Å². The van der Waals surface area contributed by atoms with E-state index in [2.05, 4.69) is 14.9 Å². The molecule has 0 saturated heterocycles. The minimum absolute atomic E-state index is 0.217. The lowest BCUT2D eigenvalue weighted by Gasteiger charge is -2.24. The molecule has 1 aliphatic carbocycles. The molecule has 214 valence electrons. The molecule has 2 N–H and O–H groups in total. The largest absolute Gasteiger partial charge is 0.573 e. The van der Waals surface area contributed by atoms with Gasteiger partial charge in [0.1, 0.15) is 17.0 Å². The van der Waals surface area contributed by atoms with E-state index >= 15 is 4.39 Å². The summed E-state index contributed by atoms with van der Waals surface area (Å²) in [7, 11) is -4.35. The van der Waals surface area contributed by atoms with Crippen LogP contribution in [0.3, 0.4) is 0 Å². The summed E-state index contributed by atoms with van der Waals surface area (Å²) in [6.07, 6.45) is -10.3. The lowest BCUT2D eigenvalue weighted by atomic mass is 10.1. The fourth-order valence-electron chi connectivity index (χ4n) is 4.30. The third kappa shape index (κ3) is 4.98. The Hall–Kier alpha value is -3.73. The second-order valence-corrected chi connectivity index (χ2v) is 11.3. The number of aromatic nitrogens is 2. The SMILES string of the molecule is N[C@H]1CS(=O)(=O)c2cc(F)c(-c3noc(C4(C(F)(F)F)CC4)n3)cc2N(Cc2ccc(OC(F)(F)F)cc2)C1=O. The number of ether oxygens (including phenoxy) is 1. The topological polar surface area (TPSA) is 129 Å². The van der Waals surface area contributed by atoms with Crippen molar-refractivity contribution in [2.75, 3.05) is 10.7 Å². The van der Waals surface area contributed by atoms with Crippen molar-refractivity contribution in [3.63, 3.8) is 0 Å². The molecule has 3 aromatic rings. The Balaban J connectivity index is 1.57. The van der Waals surface area contributed by atoms with E-state index in [4.69, 9.17) is 10.3 Å². The number of nitrogens with two attached hydrogens (primary N) is 1. The molecule has 2 aromatic carbocycles. The third-order valence-electron chi connectivity index (χ3n) is 6.52. The molecule has 1 atom stereocenters. The van der Waals surface area contributed by atoms with Crippen LogP contribution in [0.2, 0.25) is 0 Å². The van der Waals surface area contributed by atoms with Gasteiger partial charge >= 0.3 is 12.5 Å². The van der Waals surface area contributed by atoms with Crippen molar-refractivity contribution in [1.29, 1.82) is 0 Å². The van der Waals surface area contributed by atoms with Crippen LogP contribution in [0.25, 0.3) is 11.4 Å². The van der Waals surface area contributed by atoms with Crippen molar-refractivity contribution in [1.82, 2.24) is 10.1 Å². The standard InChI is InChI=1S/C23H17F7N4O5S/c24-14-8-17-16(7-13(14)18-32-20(39-33-18)21(5-6-21)22(25,26)27)34(19(35)15(31)10-40(17,36)37)9-11-1-3-12(4-2-11)38-23(28,29)30/h1-4,7-8,15H,5-6,9-10,31H2/t15-/m0/s1. The summed E-state index contributed by atoms with van der Waals surface area (Å²) < 4.78 is 128. The van der Waals surface area contributed by atoms with Crippen LogP contribution < -0.4 is 15.4 Å². The maximum absolute atomic E-state index is 15.2. The molecule has 2 heterocycles. The molecule has 40 heavy (non-hydrogen) atoms. The van der Waals surface area contributed by atoms with E-state index in [0.29, 0.717) is 6.07 Å². The van der Waals surface area contributed by atoms with Crippen LogP contribution in [0, 0.1) is 5.82 Å². The molecule has 0 bridgehead atoms. The zero-order valence-electron chi connectivity index (χ0n) is 19.9. The molecule has 0 spiro atoms. The number of amides is 1. The van der Waals surface area contributed by atoms with Gasteiger partial charge in [0.05, 0.1) is 34.5 Å². The molecule has 5 rings (SSSR count). The highest BCUT2D eigenvalue weighted by molar-refractivity contribution is 7.91. The lowest BCUT2D eigenvalue weighted by molar-refractivity contribution is -0.274. The van der Waals surface area contributed by atoms with E-state index in [9.17, 15) is 39.6 Å². The lowest BCUT2D eigenvalue weighted by Crippen LogP contribution is -2.45. The number of alkyl halides is 6. The van der Waals surface area contributed by atoms with Gasteiger partial charge in [-0.3, -0.25) is 4.79 Å². The summed E-state index contributed by atoms with van der Waals surface area (Å²) in [6, 6.07) is 4.16. The van der Waals surface area contributed by atoms with Crippen molar-refractivity contribution in [2.45, 2.75) is 48.3 Å². The molecule has 17 heteroatoms. The highest BCUT2D eigenvalue weighted by Gasteiger charge is 2.68. The summed E-state index contributed by atoms with van der Waals surface area (Å²) in [5.41, 5.74) is 2.72. The maximum Gasteiger partial charge on any atom is 0.573 e. The van der Waals surface area contributed by atoms with Gasteiger partial charge in [-0.05, 0) is 42.7 Å². The summed E-state index contributed by atoms with van der Waals surface area (Å²) in [5.74, 6) is -4.97. The highest BCUT2D eigenvalue weighted by Crippen LogP contribution is 2.58. The molecule has 0 radical (unpaired) electrons. The monoisotopic (exact) mass is 594 g/mol. The van der Waals surface area contributed by atoms with Crippen molar-refractivity contribution in [3.8, 4) is 17.1 Å². The van der Waals surface area contributed by atoms with Crippen molar-refractivity contribution >= 4 is 21.4 Å². The second kappa shape index (κ2) is 9.15. The number of halogens is 7. The Morgan fingerprint density at radius 1 is 1.10 bits per heavy atom. The predicted molar refractivity (Wildman–Crippen MR) is 121 cm³/mol. The van der Waals surface area contributed by atoms with Crippen LogP contribution >= 0.6 is 0 Å². The summed E-state index contributed by atoms with van der Waals surface area (Å²) in [6.45, 7) is -0.416. The Morgan fingerprint density at radius 2 is 1.75 bits per heavy atom. The molecule has 1 aromatic heterocycles. The van der Waals surface area contributed by atoms with Crippen LogP contribution in [0.5, 0.6) is 5.75 Å². The van der Waals surface area contributed by atoms with Gasteiger partial charge in [0.25, 0.3) is 0 Å². The van der Waals surface area contributed by atoms with Crippen molar-refractivity contribution in [3.05, 3.63) is 53.7 Å². The van der Waals surface area contributed by atoms with E-state index in [1.54, 1.807) is 0 Å². The number of anilines is 1. The van der Waals surface area contributed by atoms with E-state index < -0.39 is 85.8 Å². The van der Waals surface area contributed by atoms with E-state index in [0.717, 1.165) is 23.1 Å². The zero-order valence-corrected chi connectivity index (χ0v) is 20.7. The number of carbonyl (C=O) groups is 1. The number of benzene rings is 2. The molecule has 1 aliphatic heterocycles. The van der Waals surface area contributed by atoms with Gasteiger partial charge in [0.2, 0.25) is 17.6 Å². The first-order valence-electron chi connectivity index (χ1n) is 11.4. The van der Waals surface area contributed by atoms with Gasteiger partial charge in [-0.2, -0.15) is 18.2 Å². The Morgan fingerprint density at radius 3 is 2.33 bits per heavy atom. The van der Waals surface area contributed by atoms with Gasteiger partial charge in [0, 0.05) is 0 Å². The van der Waals surface area contributed by atoms with Gasteiger partial charge in [-0.1, -0.05) is 17.3 Å². The highest BCUT2D eigenvalue weighted by atomic mass is 32.2. The van der Waals surface area contributed by atoms with Crippen molar-refractivity contribution < 1.29 is 53.2 Å². The van der Waals surface area contributed by atoms with Crippen LogP contribution in [0.15, 0.2) is 45.8 Å². The first kappa shape index (κ1) is 27.8. The number of carbonyl (C=O) groups excluding carboxylic acids is 1. The predicted octanol–water partition coefficient (Wildman–Crippen LogP) is 4.02. The van der Waals surface area contributed by atoms with Crippen LogP contribution in [0.4, 0.5) is 36.4 Å². The Kier molecular flexibility index (Phi) is 6.37. The first-order valence-corrected chi connectivity index (χ1v) is 13.1. The van der Waals surface area contributed by atoms with Crippen LogP contribution in [-0.4, -0.2) is 48.8 Å². The molecule has 9 nitrogen and oxygen atoms in total. The quantitative estimate of drug-likeness (QED) is 0.439. The molecular weight excluding hydrogens is 577 g/mol. The Bertz CT molecular complexity index is 1580. The fourth-order valence-corrected chi connectivity index (χ4v) is 5.87.